The molecule has 20 heavy (non-hydrogen) atoms. The number of benzene rings is 1. The molecule has 0 saturated carbocycles. The Morgan fingerprint density at radius 2 is 1.80 bits per heavy atom. The van der Waals surface area contributed by atoms with Crippen LogP contribution in [-0.2, 0) is 11.2 Å². The lowest BCUT2D eigenvalue weighted by atomic mass is 10.0. The Kier molecular flexibility index (Phi) is 7.54. The molecule has 0 saturated heterocycles. The van der Waals surface area contributed by atoms with E-state index in [2.05, 4.69) is 5.32 Å². The maximum atomic E-state index is 13.1. The minimum atomic E-state index is -2.48. The van der Waals surface area contributed by atoms with E-state index in [9.17, 15) is 17.6 Å². The van der Waals surface area contributed by atoms with E-state index in [1.54, 1.807) is 0 Å². The first kappa shape index (κ1) is 16.9. The monoisotopic (exact) mass is 293 g/mol. The van der Waals surface area contributed by atoms with Crippen molar-refractivity contribution >= 4 is 0 Å². The molecule has 0 heterocycles. The van der Waals surface area contributed by atoms with E-state index in [1.807, 2.05) is 6.92 Å². The van der Waals surface area contributed by atoms with Gasteiger partial charge in [-0.05, 0) is 37.1 Å². The van der Waals surface area contributed by atoms with E-state index < -0.39 is 24.7 Å². The van der Waals surface area contributed by atoms with Crippen molar-refractivity contribution in [3.05, 3.63) is 35.4 Å². The van der Waals surface area contributed by atoms with Crippen molar-refractivity contribution in [3.63, 3.8) is 0 Å². The molecule has 0 aromatic heterocycles. The van der Waals surface area contributed by atoms with Crippen LogP contribution < -0.4 is 5.32 Å². The quantitative estimate of drug-likeness (QED) is 0.558. The summed E-state index contributed by atoms with van der Waals surface area (Å²) in [6.45, 7) is 2.17. The highest BCUT2D eigenvalue weighted by atomic mass is 19.3. The van der Waals surface area contributed by atoms with Gasteiger partial charge in [0.2, 0.25) is 0 Å². The summed E-state index contributed by atoms with van der Waals surface area (Å²) in [5, 5.41) is 3.15. The maximum absolute atomic E-state index is 13.1. The van der Waals surface area contributed by atoms with Gasteiger partial charge in [0.15, 0.2) is 0 Å². The number of hydrogen-bond acceptors (Lipinski definition) is 2. The number of likely N-dealkylation sites (N-methyl/N-ethyl adjacent to an activating group) is 1. The molecule has 1 unspecified atom stereocenters. The Hall–Kier alpha value is -1.14. The summed E-state index contributed by atoms with van der Waals surface area (Å²) in [5.74, 6) is -1.24. The van der Waals surface area contributed by atoms with Crippen LogP contribution in [0.2, 0.25) is 0 Å². The van der Waals surface area contributed by atoms with Gasteiger partial charge in [0.05, 0.1) is 0 Å². The second-order valence-electron chi connectivity index (χ2n) is 4.49. The molecule has 0 spiro atoms. The van der Waals surface area contributed by atoms with Gasteiger partial charge in [-0.3, -0.25) is 0 Å². The fourth-order valence-corrected chi connectivity index (χ4v) is 1.98. The Bertz CT molecular complexity index is 381. The zero-order chi connectivity index (χ0) is 15.0. The molecule has 1 aromatic rings. The maximum Gasteiger partial charge on any atom is 0.261 e. The zero-order valence-electron chi connectivity index (χ0n) is 11.3. The molecule has 1 atom stereocenters. The van der Waals surface area contributed by atoms with Crippen LogP contribution in [0.1, 0.15) is 18.9 Å². The predicted octanol–water partition coefficient (Wildman–Crippen LogP) is 3.16. The number of nitrogens with one attached hydrogen (secondary N) is 1. The topological polar surface area (TPSA) is 21.3 Å². The highest BCUT2D eigenvalue weighted by Crippen LogP contribution is 2.11. The summed E-state index contributed by atoms with van der Waals surface area (Å²) >= 11 is 0. The minimum absolute atomic E-state index is 0.0705. The molecule has 0 fully saturated rings. The lowest BCUT2D eigenvalue weighted by molar-refractivity contribution is 0.0144. The van der Waals surface area contributed by atoms with E-state index >= 15 is 0 Å². The SMILES string of the molecule is CCNC(CCOCC(F)F)Cc1cc(F)cc(F)c1. The molecule has 0 radical (unpaired) electrons. The van der Waals surface area contributed by atoms with Crippen LogP contribution in [0, 0.1) is 11.6 Å². The minimum Gasteiger partial charge on any atom is -0.375 e. The van der Waals surface area contributed by atoms with Gasteiger partial charge in [0.1, 0.15) is 18.2 Å². The second-order valence-corrected chi connectivity index (χ2v) is 4.49. The van der Waals surface area contributed by atoms with Gasteiger partial charge < -0.3 is 10.1 Å². The second kappa shape index (κ2) is 8.92. The molecular weight excluding hydrogens is 274 g/mol. The van der Waals surface area contributed by atoms with Gasteiger partial charge in [-0.1, -0.05) is 6.92 Å². The van der Waals surface area contributed by atoms with E-state index in [-0.39, 0.29) is 12.6 Å². The number of ether oxygens (including phenoxy) is 1. The van der Waals surface area contributed by atoms with Crippen molar-refractivity contribution in [1.82, 2.24) is 5.32 Å². The fourth-order valence-electron chi connectivity index (χ4n) is 1.98. The first-order valence-electron chi connectivity index (χ1n) is 6.55. The standard InChI is InChI=1S/C14H19F4NO/c1-2-19-13(3-4-20-9-14(17)18)7-10-5-11(15)8-12(16)6-10/h5-6,8,13-14,19H,2-4,7,9H2,1H3. The Morgan fingerprint density at radius 1 is 1.15 bits per heavy atom. The normalized spacial score (nSPS) is 12.9. The van der Waals surface area contributed by atoms with Crippen molar-refractivity contribution in [1.29, 1.82) is 0 Å². The molecule has 1 aromatic carbocycles. The number of halogens is 4. The molecule has 0 aliphatic carbocycles. The van der Waals surface area contributed by atoms with Crippen LogP contribution in [0.15, 0.2) is 18.2 Å². The van der Waals surface area contributed by atoms with Gasteiger partial charge >= 0.3 is 0 Å². The Balaban J connectivity index is 2.48. The highest BCUT2D eigenvalue weighted by molar-refractivity contribution is 5.19. The van der Waals surface area contributed by atoms with E-state index in [0.717, 1.165) is 6.07 Å². The third-order valence-electron chi connectivity index (χ3n) is 2.75. The number of alkyl halides is 2. The Morgan fingerprint density at radius 3 is 2.35 bits per heavy atom. The molecule has 2 nitrogen and oxygen atoms in total. The predicted molar refractivity (Wildman–Crippen MR) is 69.0 cm³/mol. The summed E-state index contributed by atoms with van der Waals surface area (Å²) in [5.41, 5.74) is 0.530. The van der Waals surface area contributed by atoms with Crippen LogP contribution in [0.25, 0.3) is 0 Å². The molecule has 0 amide bonds. The summed E-state index contributed by atoms with van der Waals surface area (Å²) in [6, 6.07) is 3.29. The molecule has 0 aliphatic rings. The van der Waals surface area contributed by atoms with Gasteiger partial charge in [-0.25, -0.2) is 17.6 Å². The summed E-state index contributed by atoms with van der Waals surface area (Å²) < 4.78 is 54.8. The zero-order valence-corrected chi connectivity index (χ0v) is 11.3. The van der Waals surface area contributed by atoms with Crippen molar-refractivity contribution in [2.75, 3.05) is 19.8 Å². The Labute approximate surface area is 116 Å². The third kappa shape index (κ3) is 6.86. The van der Waals surface area contributed by atoms with Crippen molar-refractivity contribution in [2.24, 2.45) is 0 Å². The van der Waals surface area contributed by atoms with Crippen LogP contribution in [0.5, 0.6) is 0 Å². The number of hydrogen-bond donors (Lipinski definition) is 1. The average Bonchev–Trinajstić information content (AvgIpc) is 2.33. The average molecular weight is 293 g/mol. The molecule has 1 rings (SSSR count). The van der Waals surface area contributed by atoms with Crippen molar-refractivity contribution in [2.45, 2.75) is 32.2 Å². The molecule has 1 N–H and O–H groups in total. The van der Waals surface area contributed by atoms with Crippen LogP contribution in [-0.4, -0.2) is 32.2 Å². The molecule has 6 heteroatoms. The van der Waals surface area contributed by atoms with E-state index in [1.165, 1.54) is 12.1 Å². The first-order chi connectivity index (χ1) is 9.51. The molecule has 0 bridgehead atoms. The van der Waals surface area contributed by atoms with Gasteiger partial charge in [-0.2, -0.15) is 0 Å². The van der Waals surface area contributed by atoms with Gasteiger partial charge in [0.25, 0.3) is 6.43 Å². The lowest BCUT2D eigenvalue weighted by Crippen LogP contribution is -2.32. The summed E-state index contributed by atoms with van der Waals surface area (Å²) in [7, 11) is 0. The number of rotatable bonds is 9. The highest BCUT2D eigenvalue weighted by Gasteiger charge is 2.11. The third-order valence-corrected chi connectivity index (χ3v) is 2.75. The van der Waals surface area contributed by atoms with Crippen LogP contribution >= 0.6 is 0 Å². The molecule has 114 valence electrons. The lowest BCUT2D eigenvalue weighted by Gasteiger charge is -2.18. The molecular formula is C14H19F4NO. The van der Waals surface area contributed by atoms with Crippen LogP contribution in [0.4, 0.5) is 17.6 Å². The van der Waals surface area contributed by atoms with Gasteiger partial charge in [-0.15, -0.1) is 0 Å². The fraction of sp³-hybridized carbons (Fsp3) is 0.571. The smallest absolute Gasteiger partial charge is 0.261 e. The van der Waals surface area contributed by atoms with E-state index in [0.29, 0.717) is 24.9 Å². The van der Waals surface area contributed by atoms with Gasteiger partial charge in [0, 0.05) is 18.7 Å². The summed E-state index contributed by atoms with van der Waals surface area (Å²) in [4.78, 5) is 0. The first-order valence-corrected chi connectivity index (χ1v) is 6.55. The van der Waals surface area contributed by atoms with E-state index in [4.69, 9.17) is 4.74 Å². The summed E-state index contributed by atoms with van der Waals surface area (Å²) in [6.07, 6.45) is -1.57. The van der Waals surface area contributed by atoms with Crippen molar-refractivity contribution in [3.8, 4) is 0 Å². The molecule has 0 aliphatic heterocycles. The van der Waals surface area contributed by atoms with Crippen molar-refractivity contribution < 1.29 is 22.3 Å². The van der Waals surface area contributed by atoms with Crippen LogP contribution in [0.3, 0.4) is 0 Å². The largest absolute Gasteiger partial charge is 0.375 e.